The first-order chi connectivity index (χ1) is 14.0. The molecule has 2 aromatic carbocycles. The third-order valence-electron chi connectivity index (χ3n) is 4.32. The van der Waals surface area contributed by atoms with Crippen LogP contribution in [0.5, 0.6) is 5.75 Å². The van der Waals surface area contributed by atoms with Crippen LogP contribution >= 0.6 is 0 Å². The molecule has 0 aliphatic rings. The van der Waals surface area contributed by atoms with Crippen molar-refractivity contribution in [3.05, 3.63) is 59.7 Å². The first kappa shape index (κ1) is 21.9. The number of carbonyl (C=O) groups excluding carboxylic acids is 3. The lowest BCUT2D eigenvalue weighted by Crippen LogP contribution is -2.38. The summed E-state index contributed by atoms with van der Waals surface area (Å²) >= 11 is 0. The molecule has 0 spiro atoms. The molecule has 2 amide bonds. The lowest BCUT2D eigenvalue weighted by Gasteiger charge is -2.21. The SMILES string of the molecule is CCOC(=O)c1ccccc1NC(=O)CN(CCc1ccccc1OC)C(C)=O. The normalized spacial score (nSPS) is 10.2. The fourth-order valence-corrected chi connectivity index (χ4v) is 2.85. The Hall–Kier alpha value is -3.35. The highest BCUT2D eigenvalue weighted by Gasteiger charge is 2.18. The van der Waals surface area contributed by atoms with Gasteiger partial charge in [-0.3, -0.25) is 9.59 Å². The number of benzene rings is 2. The molecule has 0 aliphatic carbocycles. The number of para-hydroxylation sites is 2. The molecule has 2 rings (SSSR count). The largest absolute Gasteiger partial charge is 0.496 e. The molecule has 0 radical (unpaired) electrons. The molecule has 0 unspecified atom stereocenters. The number of rotatable bonds is 9. The van der Waals surface area contributed by atoms with Crippen molar-refractivity contribution >= 4 is 23.5 Å². The molecule has 1 N–H and O–H groups in total. The molecule has 154 valence electrons. The zero-order valence-corrected chi connectivity index (χ0v) is 16.9. The molecule has 0 saturated heterocycles. The van der Waals surface area contributed by atoms with E-state index in [1.165, 1.54) is 11.8 Å². The van der Waals surface area contributed by atoms with E-state index in [0.717, 1.165) is 11.3 Å². The van der Waals surface area contributed by atoms with Crippen LogP contribution in [-0.4, -0.2) is 49.5 Å². The van der Waals surface area contributed by atoms with Gasteiger partial charge in [0.15, 0.2) is 0 Å². The highest BCUT2D eigenvalue weighted by Crippen LogP contribution is 2.19. The van der Waals surface area contributed by atoms with E-state index in [1.54, 1.807) is 38.3 Å². The average molecular weight is 398 g/mol. The third-order valence-corrected chi connectivity index (χ3v) is 4.32. The number of nitrogens with one attached hydrogen (secondary N) is 1. The van der Waals surface area contributed by atoms with Gasteiger partial charge < -0.3 is 19.7 Å². The van der Waals surface area contributed by atoms with Crippen molar-refractivity contribution in [3.63, 3.8) is 0 Å². The highest BCUT2D eigenvalue weighted by molar-refractivity contribution is 6.02. The van der Waals surface area contributed by atoms with Crippen molar-refractivity contribution in [2.24, 2.45) is 0 Å². The molecule has 2 aromatic rings. The van der Waals surface area contributed by atoms with Gasteiger partial charge in [0.05, 0.1) is 31.5 Å². The summed E-state index contributed by atoms with van der Waals surface area (Å²) in [6, 6.07) is 14.2. The maximum absolute atomic E-state index is 12.5. The smallest absolute Gasteiger partial charge is 0.340 e. The van der Waals surface area contributed by atoms with Gasteiger partial charge in [-0.25, -0.2) is 4.79 Å². The number of nitrogens with zero attached hydrogens (tertiary/aromatic N) is 1. The minimum absolute atomic E-state index is 0.123. The Kier molecular flexibility index (Phi) is 8.21. The Morgan fingerprint density at radius 3 is 2.41 bits per heavy atom. The predicted molar refractivity (Wildman–Crippen MR) is 110 cm³/mol. The molecule has 0 fully saturated rings. The van der Waals surface area contributed by atoms with Crippen molar-refractivity contribution in [2.75, 3.05) is 32.1 Å². The van der Waals surface area contributed by atoms with E-state index in [1.807, 2.05) is 24.3 Å². The number of hydrogen-bond donors (Lipinski definition) is 1. The Bertz CT molecular complexity index is 866. The zero-order chi connectivity index (χ0) is 21.2. The van der Waals surface area contributed by atoms with Crippen LogP contribution in [0.1, 0.15) is 29.8 Å². The van der Waals surface area contributed by atoms with Crippen molar-refractivity contribution in [3.8, 4) is 5.75 Å². The fourth-order valence-electron chi connectivity index (χ4n) is 2.85. The summed E-state index contributed by atoms with van der Waals surface area (Å²) < 4.78 is 10.3. The Morgan fingerprint density at radius 2 is 1.72 bits per heavy atom. The number of amides is 2. The van der Waals surface area contributed by atoms with E-state index in [4.69, 9.17) is 9.47 Å². The minimum atomic E-state index is -0.511. The molecule has 0 aliphatic heterocycles. The number of methoxy groups -OCH3 is 1. The van der Waals surface area contributed by atoms with E-state index >= 15 is 0 Å². The van der Waals surface area contributed by atoms with Gasteiger partial charge in [0.25, 0.3) is 0 Å². The van der Waals surface area contributed by atoms with Crippen LogP contribution < -0.4 is 10.1 Å². The summed E-state index contributed by atoms with van der Waals surface area (Å²) in [5.41, 5.74) is 1.57. The second-order valence-electron chi connectivity index (χ2n) is 6.32. The van der Waals surface area contributed by atoms with Crippen LogP contribution in [0.15, 0.2) is 48.5 Å². The van der Waals surface area contributed by atoms with Gasteiger partial charge >= 0.3 is 5.97 Å². The van der Waals surface area contributed by atoms with Gasteiger partial charge in [-0.15, -0.1) is 0 Å². The van der Waals surface area contributed by atoms with Crippen LogP contribution in [0.2, 0.25) is 0 Å². The van der Waals surface area contributed by atoms with Crippen molar-refractivity contribution in [1.29, 1.82) is 0 Å². The maximum atomic E-state index is 12.5. The van der Waals surface area contributed by atoms with Crippen molar-refractivity contribution in [2.45, 2.75) is 20.3 Å². The Labute approximate surface area is 170 Å². The van der Waals surface area contributed by atoms with Gasteiger partial charge in [-0.2, -0.15) is 0 Å². The quantitative estimate of drug-likeness (QED) is 0.657. The first-order valence-electron chi connectivity index (χ1n) is 9.39. The van der Waals surface area contributed by atoms with Gasteiger partial charge in [0.2, 0.25) is 11.8 Å². The summed E-state index contributed by atoms with van der Waals surface area (Å²) in [6.45, 7) is 3.61. The van der Waals surface area contributed by atoms with E-state index in [0.29, 0.717) is 18.7 Å². The van der Waals surface area contributed by atoms with Crippen LogP contribution in [0.4, 0.5) is 5.69 Å². The maximum Gasteiger partial charge on any atom is 0.340 e. The van der Waals surface area contributed by atoms with E-state index in [2.05, 4.69) is 5.32 Å². The summed E-state index contributed by atoms with van der Waals surface area (Å²) in [5, 5.41) is 2.70. The fraction of sp³-hybridized carbons (Fsp3) is 0.318. The Morgan fingerprint density at radius 1 is 1.03 bits per heavy atom. The molecule has 0 saturated carbocycles. The molecule has 0 aromatic heterocycles. The van der Waals surface area contributed by atoms with Crippen molar-refractivity contribution < 1.29 is 23.9 Å². The van der Waals surface area contributed by atoms with Crippen LogP contribution in [0, 0.1) is 0 Å². The van der Waals surface area contributed by atoms with Crippen LogP contribution in [-0.2, 0) is 20.7 Å². The van der Waals surface area contributed by atoms with Crippen LogP contribution in [0.3, 0.4) is 0 Å². The number of hydrogen-bond acceptors (Lipinski definition) is 5. The summed E-state index contributed by atoms with van der Waals surface area (Å²) in [4.78, 5) is 38.0. The lowest BCUT2D eigenvalue weighted by molar-refractivity contribution is -0.132. The standard InChI is InChI=1S/C22H26N2O5/c1-4-29-22(27)18-10-6-7-11-19(18)23-21(26)15-24(16(2)25)14-13-17-9-5-8-12-20(17)28-3/h5-12H,4,13-15H2,1-3H3,(H,23,26). The molecule has 7 nitrogen and oxygen atoms in total. The summed E-state index contributed by atoms with van der Waals surface area (Å²) in [7, 11) is 1.59. The molecular weight excluding hydrogens is 372 g/mol. The Balaban J connectivity index is 2.03. The second kappa shape index (κ2) is 10.8. The zero-order valence-electron chi connectivity index (χ0n) is 16.9. The van der Waals surface area contributed by atoms with Gasteiger partial charge in [-0.1, -0.05) is 30.3 Å². The van der Waals surface area contributed by atoms with Crippen molar-refractivity contribution in [1.82, 2.24) is 4.90 Å². The van der Waals surface area contributed by atoms with Gasteiger partial charge in [0, 0.05) is 13.5 Å². The predicted octanol–water partition coefficient (Wildman–Crippen LogP) is 2.90. The number of ether oxygens (including phenoxy) is 2. The van der Waals surface area contributed by atoms with E-state index in [-0.39, 0.29) is 24.6 Å². The van der Waals surface area contributed by atoms with E-state index < -0.39 is 11.9 Å². The average Bonchev–Trinajstić information content (AvgIpc) is 2.71. The van der Waals surface area contributed by atoms with Crippen LogP contribution in [0.25, 0.3) is 0 Å². The molecule has 29 heavy (non-hydrogen) atoms. The number of anilines is 1. The molecule has 0 heterocycles. The summed E-state index contributed by atoms with van der Waals surface area (Å²) in [5.74, 6) is -0.377. The molecular formula is C22H26N2O5. The molecule has 7 heteroatoms. The number of esters is 1. The second-order valence-corrected chi connectivity index (χ2v) is 6.32. The topological polar surface area (TPSA) is 84.9 Å². The monoisotopic (exact) mass is 398 g/mol. The molecule has 0 atom stereocenters. The minimum Gasteiger partial charge on any atom is -0.496 e. The highest BCUT2D eigenvalue weighted by atomic mass is 16.5. The third kappa shape index (κ3) is 6.34. The first-order valence-corrected chi connectivity index (χ1v) is 9.39. The summed E-state index contributed by atoms with van der Waals surface area (Å²) in [6.07, 6.45) is 0.552. The van der Waals surface area contributed by atoms with Gasteiger partial charge in [0.1, 0.15) is 5.75 Å². The lowest BCUT2D eigenvalue weighted by atomic mass is 10.1. The number of carbonyl (C=O) groups is 3. The van der Waals surface area contributed by atoms with E-state index in [9.17, 15) is 14.4 Å². The molecule has 0 bridgehead atoms. The van der Waals surface area contributed by atoms with Gasteiger partial charge in [-0.05, 0) is 37.1 Å².